The Kier molecular flexibility index (Phi) is 3.98. The second-order valence-corrected chi connectivity index (χ2v) is 6.50. The molecule has 3 aromatic carbocycles. The lowest BCUT2D eigenvalue weighted by atomic mass is 10.0. The van der Waals surface area contributed by atoms with Crippen molar-refractivity contribution in [2.45, 2.75) is 12.8 Å². The van der Waals surface area contributed by atoms with E-state index in [1.807, 2.05) is 12.1 Å². The number of benzene rings is 3. The normalized spacial score (nSPS) is 13.0. The van der Waals surface area contributed by atoms with Crippen LogP contribution in [0.2, 0.25) is 0 Å². The van der Waals surface area contributed by atoms with Crippen LogP contribution in [0.4, 0.5) is 5.69 Å². The van der Waals surface area contributed by atoms with Crippen LogP contribution in [-0.4, -0.2) is 12.5 Å². The van der Waals surface area contributed by atoms with Crippen LogP contribution in [0.25, 0.3) is 22.9 Å². The van der Waals surface area contributed by atoms with Crippen LogP contribution in [0, 0.1) is 5.41 Å². The largest absolute Gasteiger partial charge is 0.356 e. The number of hydrogen-bond acceptors (Lipinski definition) is 1. The van der Waals surface area contributed by atoms with Crippen molar-refractivity contribution in [1.29, 1.82) is 5.41 Å². The first-order valence-corrected chi connectivity index (χ1v) is 8.60. The van der Waals surface area contributed by atoms with Crippen molar-refractivity contribution < 1.29 is 0 Å². The summed E-state index contributed by atoms with van der Waals surface area (Å²) in [7, 11) is 0. The number of guanidine groups is 1. The Bertz CT molecular complexity index is 945. The Morgan fingerprint density at radius 2 is 1.68 bits per heavy atom. The van der Waals surface area contributed by atoms with Crippen molar-refractivity contribution in [2.75, 3.05) is 11.9 Å². The first kappa shape index (κ1) is 15.5. The number of anilines is 1. The van der Waals surface area contributed by atoms with Crippen LogP contribution in [0.3, 0.4) is 0 Å². The van der Waals surface area contributed by atoms with E-state index in [2.05, 4.69) is 78.2 Å². The van der Waals surface area contributed by atoms with Crippen molar-refractivity contribution in [2.24, 2.45) is 0 Å². The Labute approximate surface area is 147 Å². The first-order valence-electron chi connectivity index (χ1n) is 8.60. The van der Waals surface area contributed by atoms with Crippen molar-refractivity contribution in [3.8, 4) is 0 Å². The molecule has 0 saturated heterocycles. The zero-order chi connectivity index (χ0) is 17.2. The topological polar surface area (TPSA) is 47.9 Å². The molecule has 0 aliphatic heterocycles. The van der Waals surface area contributed by atoms with Crippen molar-refractivity contribution in [1.82, 2.24) is 5.32 Å². The molecule has 3 N–H and O–H groups in total. The van der Waals surface area contributed by atoms with Crippen molar-refractivity contribution >= 4 is 34.6 Å². The molecule has 0 bridgehead atoms. The zero-order valence-corrected chi connectivity index (χ0v) is 14.2. The van der Waals surface area contributed by atoms with Gasteiger partial charge in [-0.15, -0.1) is 0 Å². The molecule has 25 heavy (non-hydrogen) atoms. The Morgan fingerprint density at radius 3 is 2.48 bits per heavy atom. The molecular formula is C22H21N3. The van der Waals surface area contributed by atoms with Gasteiger partial charge >= 0.3 is 0 Å². The predicted molar refractivity (Wildman–Crippen MR) is 107 cm³/mol. The summed E-state index contributed by atoms with van der Waals surface area (Å²) in [6.07, 6.45) is 4.29. The van der Waals surface area contributed by atoms with Gasteiger partial charge in [0.05, 0.1) is 0 Å². The molecular weight excluding hydrogens is 306 g/mol. The summed E-state index contributed by atoms with van der Waals surface area (Å²) in [6.45, 7) is 2.89. The summed E-state index contributed by atoms with van der Waals surface area (Å²) in [6, 6.07) is 20.8. The van der Waals surface area contributed by atoms with Gasteiger partial charge in [-0.3, -0.25) is 5.41 Å². The zero-order valence-electron chi connectivity index (χ0n) is 14.2. The Morgan fingerprint density at radius 1 is 0.920 bits per heavy atom. The van der Waals surface area contributed by atoms with Gasteiger partial charge in [0.15, 0.2) is 5.96 Å². The summed E-state index contributed by atoms with van der Waals surface area (Å²) < 4.78 is 0. The SMILES string of the molecule is CC(CNC(=N)Nc1ccc2c3c(cccc13)C=C2)c1ccccc1. The minimum Gasteiger partial charge on any atom is -0.356 e. The molecule has 3 aromatic rings. The fourth-order valence-electron chi connectivity index (χ4n) is 3.36. The number of nitrogens with one attached hydrogen (secondary N) is 3. The average Bonchev–Trinajstić information content (AvgIpc) is 3.07. The van der Waals surface area contributed by atoms with Crippen molar-refractivity contribution in [3.05, 3.63) is 77.4 Å². The highest BCUT2D eigenvalue weighted by Crippen LogP contribution is 2.35. The standard InChI is InChI=1S/C22H21N3/c1-15(16-6-3-2-4-7-16)14-24-22(23)25-20-13-12-18-11-10-17-8-5-9-19(20)21(17)18/h2-13,15H,14H2,1H3,(H3,23,24,25). The molecule has 0 radical (unpaired) electrons. The summed E-state index contributed by atoms with van der Waals surface area (Å²) >= 11 is 0. The maximum atomic E-state index is 8.24. The summed E-state index contributed by atoms with van der Waals surface area (Å²) in [5.41, 5.74) is 4.73. The molecule has 1 aliphatic rings. The predicted octanol–water partition coefficient (Wildman–Crippen LogP) is 5.06. The molecule has 4 rings (SSSR count). The maximum absolute atomic E-state index is 8.24. The van der Waals surface area contributed by atoms with Gasteiger partial charge in [0.2, 0.25) is 0 Å². The van der Waals surface area contributed by atoms with E-state index in [0.29, 0.717) is 11.9 Å². The van der Waals surface area contributed by atoms with Crippen LogP contribution >= 0.6 is 0 Å². The van der Waals surface area contributed by atoms with Crippen LogP contribution in [0.1, 0.15) is 29.5 Å². The van der Waals surface area contributed by atoms with Gasteiger partial charge in [0.25, 0.3) is 0 Å². The van der Waals surface area contributed by atoms with Crippen LogP contribution in [-0.2, 0) is 0 Å². The lowest BCUT2D eigenvalue weighted by molar-refractivity contribution is 0.717. The molecule has 0 amide bonds. The van der Waals surface area contributed by atoms with E-state index in [0.717, 1.165) is 17.6 Å². The van der Waals surface area contributed by atoms with Gasteiger partial charge in [-0.25, -0.2) is 0 Å². The number of rotatable bonds is 4. The minimum absolute atomic E-state index is 0.328. The van der Waals surface area contributed by atoms with E-state index in [-0.39, 0.29) is 0 Å². The van der Waals surface area contributed by atoms with E-state index in [9.17, 15) is 0 Å². The molecule has 0 heterocycles. The Hall–Kier alpha value is -3.07. The number of hydrogen-bond donors (Lipinski definition) is 3. The van der Waals surface area contributed by atoms with E-state index in [1.165, 1.54) is 22.1 Å². The maximum Gasteiger partial charge on any atom is 0.192 e. The molecule has 0 fully saturated rings. The summed E-state index contributed by atoms with van der Waals surface area (Å²) in [4.78, 5) is 0. The van der Waals surface area contributed by atoms with E-state index < -0.39 is 0 Å². The van der Waals surface area contributed by atoms with Crippen molar-refractivity contribution in [3.63, 3.8) is 0 Å². The Balaban J connectivity index is 1.46. The van der Waals surface area contributed by atoms with Gasteiger partial charge in [-0.05, 0) is 34.1 Å². The summed E-state index contributed by atoms with van der Waals surface area (Å²) in [5, 5.41) is 17.1. The fourth-order valence-corrected chi connectivity index (χ4v) is 3.36. The molecule has 1 atom stereocenters. The van der Waals surface area contributed by atoms with Crippen LogP contribution < -0.4 is 10.6 Å². The molecule has 1 unspecified atom stereocenters. The molecule has 3 heteroatoms. The van der Waals surface area contributed by atoms with Gasteiger partial charge < -0.3 is 10.6 Å². The molecule has 0 spiro atoms. The van der Waals surface area contributed by atoms with E-state index in [4.69, 9.17) is 5.41 Å². The minimum atomic E-state index is 0.328. The summed E-state index contributed by atoms with van der Waals surface area (Å²) in [5.74, 6) is 0.676. The third-order valence-electron chi connectivity index (χ3n) is 4.76. The molecule has 3 nitrogen and oxygen atoms in total. The lowest BCUT2D eigenvalue weighted by Crippen LogP contribution is -2.32. The van der Waals surface area contributed by atoms with Gasteiger partial charge in [0.1, 0.15) is 0 Å². The third kappa shape index (κ3) is 3.01. The quantitative estimate of drug-likeness (QED) is 0.362. The molecule has 0 saturated carbocycles. The lowest BCUT2D eigenvalue weighted by Gasteiger charge is -2.17. The molecule has 124 valence electrons. The van der Waals surface area contributed by atoms with Gasteiger partial charge in [-0.2, -0.15) is 0 Å². The second kappa shape index (κ2) is 6.44. The third-order valence-corrected chi connectivity index (χ3v) is 4.76. The highest BCUT2D eigenvalue weighted by atomic mass is 15.1. The highest BCUT2D eigenvalue weighted by molar-refractivity contribution is 6.11. The average molecular weight is 327 g/mol. The van der Waals surface area contributed by atoms with E-state index >= 15 is 0 Å². The molecule has 0 aromatic heterocycles. The van der Waals surface area contributed by atoms with E-state index in [1.54, 1.807) is 0 Å². The fraction of sp³-hybridized carbons (Fsp3) is 0.136. The van der Waals surface area contributed by atoms with Crippen LogP contribution in [0.5, 0.6) is 0 Å². The van der Waals surface area contributed by atoms with Crippen LogP contribution in [0.15, 0.2) is 60.7 Å². The molecule has 1 aliphatic carbocycles. The second-order valence-electron chi connectivity index (χ2n) is 6.50. The van der Waals surface area contributed by atoms with Gasteiger partial charge in [-0.1, -0.05) is 73.7 Å². The smallest absolute Gasteiger partial charge is 0.192 e. The highest BCUT2D eigenvalue weighted by Gasteiger charge is 2.12. The first-order chi connectivity index (χ1) is 12.2. The van der Waals surface area contributed by atoms with Gasteiger partial charge in [0, 0.05) is 17.6 Å². The monoisotopic (exact) mass is 327 g/mol.